The van der Waals surface area contributed by atoms with Gasteiger partial charge in [0.2, 0.25) is 11.9 Å². The van der Waals surface area contributed by atoms with E-state index in [4.69, 9.17) is 14.0 Å². The summed E-state index contributed by atoms with van der Waals surface area (Å²) in [4.78, 5) is 39.1. The smallest absolute Gasteiger partial charge is 0.444 e. The first-order chi connectivity index (χ1) is 17.4. The molecule has 2 aliphatic rings. The SMILES string of the molecule is CC(C)C(NC(=O)OC(C)(C)C)C(=O)N1CCC(N(c2ncc(B3OC(C)(C)C(C)(C)O3)cn2)C(C)C)C1. The molecule has 38 heavy (non-hydrogen) atoms. The van der Waals surface area contributed by atoms with Crippen LogP contribution in [0.25, 0.3) is 0 Å². The van der Waals surface area contributed by atoms with Crippen molar-refractivity contribution >= 4 is 30.5 Å². The number of nitrogens with zero attached hydrogens (tertiary/aromatic N) is 4. The lowest BCUT2D eigenvalue weighted by atomic mass is 9.81. The Hall–Kier alpha value is -2.40. The number of likely N-dealkylation sites (tertiary alicyclic amines) is 1. The van der Waals surface area contributed by atoms with Crippen molar-refractivity contribution in [1.29, 1.82) is 0 Å². The van der Waals surface area contributed by atoms with Crippen LogP contribution in [0.1, 0.15) is 82.6 Å². The molecule has 1 N–H and O–H groups in total. The zero-order chi connectivity index (χ0) is 28.6. The van der Waals surface area contributed by atoms with E-state index < -0.39 is 36.1 Å². The highest BCUT2D eigenvalue weighted by atomic mass is 16.7. The van der Waals surface area contributed by atoms with E-state index >= 15 is 0 Å². The second kappa shape index (κ2) is 11.0. The number of hydrogen-bond donors (Lipinski definition) is 1. The molecule has 2 amide bonds. The van der Waals surface area contributed by atoms with Crippen molar-refractivity contribution in [3.8, 4) is 0 Å². The molecule has 0 spiro atoms. The number of hydrogen-bond acceptors (Lipinski definition) is 8. The number of carbonyl (C=O) groups excluding carboxylic acids is 2. The van der Waals surface area contributed by atoms with Crippen molar-refractivity contribution in [3.63, 3.8) is 0 Å². The van der Waals surface area contributed by atoms with Gasteiger partial charge in [0.1, 0.15) is 11.6 Å². The number of ether oxygens (including phenoxy) is 1. The molecule has 10 nitrogen and oxygen atoms in total. The fourth-order valence-electron chi connectivity index (χ4n) is 4.70. The molecule has 2 fully saturated rings. The van der Waals surface area contributed by atoms with Crippen LogP contribution >= 0.6 is 0 Å². The lowest BCUT2D eigenvalue weighted by Crippen LogP contribution is -2.52. The molecule has 2 atom stereocenters. The van der Waals surface area contributed by atoms with Crippen LogP contribution in [0.4, 0.5) is 10.7 Å². The first-order valence-electron chi connectivity index (χ1n) is 13.7. The minimum Gasteiger partial charge on any atom is -0.444 e. The van der Waals surface area contributed by atoms with E-state index in [0.717, 1.165) is 11.9 Å². The molecule has 1 aromatic heterocycles. The maximum Gasteiger partial charge on any atom is 0.498 e. The van der Waals surface area contributed by atoms with E-state index in [2.05, 4.69) is 34.0 Å². The zero-order valence-corrected chi connectivity index (χ0v) is 25.0. The molecule has 212 valence electrons. The Balaban J connectivity index is 1.70. The maximum atomic E-state index is 13.4. The van der Waals surface area contributed by atoms with Gasteiger partial charge in [-0.05, 0) is 74.7 Å². The number of nitrogens with one attached hydrogen (secondary N) is 1. The molecule has 11 heteroatoms. The number of rotatable bonds is 7. The van der Waals surface area contributed by atoms with Crippen molar-refractivity contribution in [2.24, 2.45) is 5.92 Å². The quantitative estimate of drug-likeness (QED) is 0.535. The van der Waals surface area contributed by atoms with Gasteiger partial charge in [0.25, 0.3) is 0 Å². The van der Waals surface area contributed by atoms with Gasteiger partial charge in [0.05, 0.1) is 17.2 Å². The maximum absolute atomic E-state index is 13.4. The van der Waals surface area contributed by atoms with E-state index in [1.165, 1.54) is 0 Å². The van der Waals surface area contributed by atoms with Crippen molar-refractivity contribution in [1.82, 2.24) is 20.2 Å². The first kappa shape index (κ1) is 30.2. The molecule has 2 saturated heterocycles. The van der Waals surface area contributed by atoms with Crippen molar-refractivity contribution in [2.75, 3.05) is 18.0 Å². The largest absolute Gasteiger partial charge is 0.498 e. The predicted molar refractivity (Wildman–Crippen MR) is 148 cm³/mol. The minimum absolute atomic E-state index is 0.0518. The molecule has 2 aliphatic heterocycles. The van der Waals surface area contributed by atoms with Crippen LogP contribution in [0, 0.1) is 5.92 Å². The standard InChI is InChI=1S/C27H46BN5O5/c1-17(2)21(31-24(35)36-25(5,6)7)22(34)32-13-12-20(16-32)33(18(3)4)23-29-14-19(15-30-23)28-37-26(8,9)27(10,11)38-28/h14-15,17-18,20-21H,12-13,16H2,1-11H3,(H,31,35). The second-order valence-electron chi connectivity index (χ2n) is 13.0. The summed E-state index contributed by atoms with van der Waals surface area (Å²) in [6, 6.07) is -0.485. The third-order valence-electron chi connectivity index (χ3n) is 7.44. The number of amides is 2. The Labute approximate surface area is 228 Å². The predicted octanol–water partition coefficient (Wildman–Crippen LogP) is 3.14. The summed E-state index contributed by atoms with van der Waals surface area (Å²) in [6.07, 6.45) is 3.72. The van der Waals surface area contributed by atoms with Crippen LogP contribution < -0.4 is 15.7 Å². The lowest BCUT2D eigenvalue weighted by molar-refractivity contribution is -0.133. The van der Waals surface area contributed by atoms with Gasteiger partial charge >= 0.3 is 13.2 Å². The summed E-state index contributed by atoms with van der Waals surface area (Å²) in [7, 11) is -0.522. The molecule has 1 aromatic rings. The van der Waals surface area contributed by atoms with Crippen LogP contribution in [0.3, 0.4) is 0 Å². The summed E-state index contributed by atoms with van der Waals surface area (Å²) >= 11 is 0. The Bertz CT molecular complexity index is 977. The topological polar surface area (TPSA) is 106 Å². The number of aromatic nitrogens is 2. The van der Waals surface area contributed by atoms with Crippen LogP contribution in [0.2, 0.25) is 0 Å². The van der Waals surface area contributed by atoms with E-state index in [1.54, 1.807) is 33.2 Å². The van der Waals surface area contributed by atoms with E-state index in [-0.39, 0.29) is 23.9 Å². The molecule has 3 heterocycles. The molecular formula is C27H46BN5O5. The van der Waals surface area contributed by atoms with Gasteiger partial charge in [-0.15, -0.1) is 0 Å². The highest BCUT2D eigenvalue weighted by Crippen LogP contribution is 2.36. The van der Waals surface area contributed by atoms with Gasteiger partial charge < -0.3 is 29.2 Å². The third kappa shape index (κ3) is 6.78. The van der Waals surface area contributed by atoms with Gasteiger partial charge in [-0.3, -0.25) is 4.79 Å². The minimum atomic E-state index is -0.661. The van der Waals surface area contributed by atoms with Crippen LogP contribution in [-0.4, -0.2) is 82.0 Å². The van der Waals surface area contributed by atoms with E-state index in [9.17, 15) is 9.59 Å². The van der Waals surface area contributed by atoms with Gasteiger partial charge in [-0.2, -0.15) is 0 Å². The normalized spacial score (nSPS) is 21.7. The number of alkyl carbamates (subject to hydrolysis) is 1. The van der Waals surface area contributed by atoms with E-state index in [0.29, 0.717) is 19.0 Å². The van der Waals surface area contributed by atoms with Gasteiger partial charge in [-0.1, -0.05) is 13.8 Å². The molecule has 0 bridgehead atoms. The summed E-state index contributed by atoms with van der Waals surface area (Å²) < 4.78 is 17.7. The summed E-state index contributed by atoms with van der Waals surface area (Å²) in [5.41, 5.74) is -0.741. The molecule has 0 saturated carbocycles. The average Bonchev–Trinajstić information content (AvgIpc) is 3.32. The fourth-order valence-corrected chi connectivity index (χ4v) is 4.70. The average molecular weight is 532 g/mol. The van der Waals surface area contributed by atoms with Crippen LogP contribution in [0.15, 0.2) is 12.4 Å². The summed E-state index contributed by atoms with van der Waals surface area (Å²) in [6.45, 7) is 22.6. The number of anilines is 1. The van der Waals surface area contributed by atoms with Crippen molar-refractivity contribution in [3.05, 3.63) is 12.4 Å². The highest BCUT2D eigenvalue weighted by Gasteiger charge is 2.52. The van der Waals surface area contributed by atoms with Gasteiger partial charge in [0, 0.05) is 37.0 Å². The highest BCUT2D eigenvalue weighted by molar-refractivity contribution is 6.61. The van der Waals surface area contributed by atoms with E-state index in [1.807, 2.05) is 46.4 Å². The Morgan fingerprint density at radius 3 is 2.13 bits per heavy atom. The number of carbonyl (C=O) groups is 2. The monoisotopic (exact) mass is 531 g/mol. The lowest BCUT2D eigenvalue weighted by Gasteiger charge is -2.33. The fraction of sp³-hybridized carbons (Fsp3) is 0.778. The first-order valence-corrected chi connectivity index (χ1v) is 13.7. The Morgan fingerprint density at radius 1 is 1.11 bits per heavy atom. The second-order valence-corrected chi connectivity index (χ2v) is 13.0. The van der Waals surface area contributed by atoms with Gasteiger partial charge in [0.15, 0.2) is 0 Å². The summed E-state index contributed by atoms with van der Waals surface area (Å²) in [5.74, 6) is 0.419. The molecule has 0 radical (unpaired) electrons. The Morgan fingerprint density at radius 2 is 1.66 bits per heavy atom. The zero-order valence-electron chi connectivity index (χ0n) is 25.0. The van der Waals surface area contributed by atoms with Crippen molar-refractivity contribution in [2.45, 2.75) is 118 Å². The molecule has 3 rings (SSSR count). The van der Waals surface area contributed by atoms with Crippen molar-refractivity contribution < 1.29 is 23.6 Å². The van der Waals surface area contributed by atoms with Crippen LogP contribution in [-0.2, 0) is 18.8 Å². The molecule has 2 unspecified atom stereocenters. The third-order valence-corrected chi connectivity index (χ3v) is 7.44. The Kier molecular flexibility index (Phi) is 8.73. The molecular weight excluding hydrogens is 485 g/mol. The van der Waals surface area contributed by atoms with Gasteiger partial charge in [-0.25, -0.2) is 14.8 Å². The van der Waals surface area contributed by atoms with Crippen LogP contribution in [0.5, 0.6) is 0 Å². The summed E-state index contributed by atoms with van der Waals surface area (Å²) in [5, 5.41) is 2.78. The molecule has 0 aliphatic carbocycles. The molecule has 0 aromatic carbocycles.